The molecule has 0 saturated carbocycles. The molecular formula is C37H23N3O2. The predicted molar refractivity (Wildman–Crippen MR) is 167 cm³/mol. The summed E-state index contributed by atoms with van der Waals surface area (Å²) in [6, 6.07) is 41.6. The molecule has 0 saturated heterocycles. The smallest absolute Gasteiger partial charge is 0.268 e. The number of carbonyl (C=O) groups excluding carboxylic acids is 2. The van der Waals surface area contributed by atoms with E-state index in [2.05, 4.69) is 39.9 Å². The summed E-state index contributed by atoms with van der Waals surface area (Å²) in [5.74, 6) is -0.642. The first kappa shape index (κ1) is 24.0. The highest BCUT2D eigenvalue weighted by atomic mass is 16.2. The van der Waals surface area contributed by atoms with E-state index in [9.17, 15) is 9.59 Å². The molecule has 198 valence electrons. The van der Waals surface area contributed by atoms with Gasteiger partial charge in [-0.3, -0.25) is 14.6 Å². The van der Waals surface area contributed by atoms with Gasteiger partial charge in [-0.05, 0) is 70.8 Å². The first-order valence-corrected chi connectivity index (χ1v) is 13.8. The number of nitrogens with zero attached hydrogens (tertiary/aromatic N) is 3. The Morgan fingerprint density at radius 3 is 1.98 bits per heavy atom. The molecule has 1 aliphatic rings. The third-order valence-corrected chi connectivity index (χ3v) is 8.05. The lowest BCUT2D eigenvalue weighted by Gasteiger charge is -2.15. The van der Waals surface area contributed by atoms with Gasteiger partial charge in [-0.1, -0.05) is 78.9 Å². The summed E-state index contributed by atoms with van der Waals surface area (Å²) in [6.45, 7) is 0. The van der Waals surface area contributed by atoms with Crippen LogP contribution in [0.3, 0.4) is 0 Å². The highest BCUT2D eigenvalue weighted by Crippen LogP contribution is 2.39. The number of pyridine rings is 1. The number of imide groups is 1. The van der Waals surface area contributed by atoms with Crippen LogP contribution in [-0.2, 0) is 0 Å². The molecule has 3 heterocycles. The zero-order valence-electron chi connectivity index (χ0n) is 22.4. The van der Waals surface area contributed by atoms with Crippen molar-refractivity contribution < 1.29 is 9.59 Å². The second kappa shape index (κ2) is 9.39. The summed E-state index contributed by atoms with van der Waals surface area (Å²) >= 11 is 0. The summed E-state index contributed by atoms with van der Waals surface area (Å²) in [7, 11) is 0. The Bertz CT molecular complexity index is 2170. The van der Waals surface area contributed by atoms with Crippen LogP contribution in [0.25, 0.3) is 49.7 Å². The van der Waals surface area contributed by atoms with Crippen LogP contribution in [0.2, 0.25) is 0 Å². The Balaban J connectivity index is 1.29. The lowest BCUT2D eigenvalue weighted by atomic mass is 10.0. The molecule has 2 amide bonds. The third-order valence-electron chi connectivity index (χ3n) is 8.05. The van der Waals surface area contributed by atoms with Crippen LogP contribution in [-0.4, -0.2) is 21.4 Å². The quantitative estimate of drug-likeness (QED) is 0.211. The number of para-hydroxylation sites is 1. The maximum atomic E-state index is 14.1. The number of benzene rings is 5. The van der Waals surface area contributed by atoms with Crippen molar-refractivity contribution in [3.05, 3.63) is 151 Å². The first-order valence-electron chi connectivity index (χ1n) is 13.8. The van der Waals surface area contributed by atoms with E-state index in [1.807, 2.05) is 91.0 Å². The Morgan fingerprint density at radius 2 is 1.17 bits per heavy atom. The van der Waals surface area contributed by atoms with Gasteiger partial charge in [-0.15, -0.1) is 0 Å². The van der Waals surface area contributed by atoms with Gasteiger partial charge in [0.25, 0.3) is 11.8 Å². The molecule has 0 fully saturated rings. The van der Waals surface area contributed by atoms with Gasteiger partial charge in [0.05, 0.1) is 33.5 Å². The Labute approximate surface area is 241 Å². The van der Waals surface area contributed by atoms with Crippen LogP contribution in [0.5, 0.6) is 0 Å². The maximum absolute atomic E-state index is 14.1. The van der Waals surface area contributed by atoms with Crippen molar-refractivity contribution in [2.45, 2.75) is 0 Å². The molecule has 1 aliphatic heterocycles. The minimum Gasteiger partial charge on any atom is -0.308 e. The minimum atomic E-state index is -0.325. The zero-order chi connectivity index (χ0) is 28.2. The van der Waals surface area contributed by atoms with Crippen LogP contribution in [0.1, 0.15) is 20.7 Å². The van der Waals surface area contributed by atoms with Gasteiger partial charge >= 0.3 is 0 Å². The maximum Gasteiger partial charge on any atom is 0.268 e. The summed E-state index contributed by atoms with van der Waals surface area (Å²) in [5.41, 5.74) is 8.18. The average Bonchev–Trinajstić information content (AvgIpc) is 3.52. The molecule has 8 rings (SSSR count). The Kier molecular flexibility index (Phi) is 5.37. The van der Waals surface area contributed by atoms with E-state index < -0.39 is 0 Å². The number of amides is 2. The van der Waals surface area contributed by atoms with Crippen molar-refractivity contribution in [2.24, 2.45) is 0 Å². The van der Waals surface area contributed by atoms with E-state index >= 15 is 0 Å². The number of rotatable bonds is 4. The molecule has 0 unspecified atom stereocenters. The molecule has 5 heteroatoms. The Morgan fingerprint density at radius 1 is 0.500 bits per heavy atom. The lowest BCUT2D eigenvalue weighted by Crippen LogP contribution is -2.29. The largest absolute Gasteiger partial charge is 0.308 e. The van der Waals surface area contributed by atoms with Crippen LogP contribution in [0.15, 0.2) is 140 Å². The van der Waals surface area contributed by atoms with Gasteiger partial charge < -0.3 is 4.57 Å². The van der Waals surface area contributed by atoms with E-state index in [4.69, 9.17) is 0 Å². The zero-order valence-corrected chi connectivity index (χ0v) is 22.4. The highest BCUT2D eigenvalue weighted by Gasteiger charge is 2.39. The topological polar surface area (TPSA) is 55.2 Å². The number of hydrogen-bond donors (Lipinski definition) is 0. The standard InChI is InChI=1S/C37H23N3O2/c41-36-31-10-6-12-33(35(31)37(42)39(36)28-16-13-25(14-17-28)24-7-2-1-3-8-24)40-32-11-5-4-9-29(32)30-18-15-27(23-34(30)40)26-19-21-38-22-20-26/h1-23H. The normalized spacial score (nSPS) is 12.8. The third kappa shape index (κ3) is 3.61. The highest BCUT2D eigenvalue weighted by molar-refractivity contribution is 6.35. The van der Waals surface area contributed by atoms with Crippen LogP contribution in [0.4, 0.5) is 5.69 Å². The number of carbonyl (C=O) groups is 2. The first-order chi connectivity index (χ1) is 20.7. The van der Waals surface area contributed by atoms with Crippen molar-refractivity contribution in [3.8, 4) is 27.9 Å². The van der Waals surface area contributed by atoms with Crippen LogP contribution < -0.4 is 4.90 Å². The number of hydrogen-bond acceptors (Lipinski definition) is 3. The molecule has 42 heavy (non-hydrogen) atoms. The van der Waals surface area contributed by atoms with Crippen molar-refractivity contribution in [1.82, 2.24) is 9.55 Å². The van der Waals surface area contributed by atoms with Crippen molar-refractivity contribution in [1.29, 1.82) is 0 Å². The fourth-order valence-corrected chi connectivity index (χ4v) is 6.08. The van der Waals surface area contributed by atoms with Gasteiger partial charge in [-0.25, -0.2) is 4.90 Å². The van der Waals surface area contributed by atoms with E-state index in [1.165, 1.54) is 4.90 Å². The minimum absolute atomic E-state index is 0.317. The molecule has 0 aliphatic carbocycles. The molecule has 5 aromatic carbocycles. The SMILES string of the molecule is O=C1c2cccc(-n3c4ccccc4c4ccc(-c5ccncc5)cc43)c2C(=O)N1c1ccc(-c2ccccc2)cc1. The summed E-state index contributed by atoms with van der Waals surface area (Å²) in [6.07, 6.45) is 3.56. The number of aromatic nitrogens is 2. The summed E-state index contributed by atoms with van der Waals surface area (Å²) in [5, 5.41) is 2.16. The van der Waals surface area contributed by atoms with E-state index in [1.54, 1.807) is 18.5 Å². The van der Waals surface area contributed by atoms with Crippen molar-refractivity contribution in [2.75, 3.05) is 4.90 Å². The van der Waals surface area contributed by atoms with E-state index in [0.29, 0.717) is 22.5 Å². The molecule has 5 nitrogen and oxygen atoms in total. The number of anilines is 1. The molecular weight excluding hydrogens is 518 g/mol. The summed E-state index contributed by atoms with van der Waals surface area (Å²) in [4.78, 5) is 33.3. The molecule has 2 aromatic heterocycles. The molecule has 7 aromatic rings. The van der Waals surface area contributed by atoms with Crippen LogP contribution >= 0.6 is 0 Å². The van der Waals surface area contributed by atoms with Gasteiger partial charge in [0.1, 0.15) is 0 Å². The predicted octanol–water partition coefficient (Wildman–Crippen LogP) is 8.31. The fourth-order valence-electron chi connectivity index (χ4n) is 6.08. The Hall–Kier alpha value is -5.81. The summed E-state index contributed by atoms with van der Waals surface area (Å²) < 4.78 is 2.11. The van der Waals surface area contributed by atoms with Crippen molar-refractivity contribution >= 4 is 39.3 Å². The molecule has 0 radical (unpaired) electrons. The number of fused-ring (bicyclic) bond motifs is 4. The second-order valence-electron chi connectivity index (χ2n) is 10.4. The molecule has 0 spiro atoms. The average molecular weight is 542 g/mol. The monoisotopic (exact) mass is 541 g/mol. The van der Waals surface area contributed by atoms with Gasteiger partial charge in [0.2, 0.25) is 0 Å². The van der Waals surface area contributed by atoms with E-state index in [0.717, 1.165) is 44.1 Å². The van der Waals surface area contributed by atoms with Gasteiger partial charge in [-0.2, -0.15) is 0 Å². The van der Waals surface area contributed by atoms with E-state index in [-0.39, 0.29) is 11.8 Å². The van der Waals surface area contributed by atoms with Crippen LogP contribution in [0, 0.1) is 0 Å². The van der Waals surface area contributed by atoms with Crippen molar-refractivity contribution in [3.63, 3.8) is 0 Å². The van der Waals surface area contributed by atoms with Gasteiger partial charge in [0, 0.05) is 23.2 Å². The second-order valence-corrected chi connectivity index (χ2v) is 10.4. The molecule has 0 bridgehead atoms. The molecule has 0 N–H and O–H groups in total. The van der Waals surface area contributed by atoms with Gasteiger partial charge in [0.15, 0.2) is 0 Å². The molecule has 0 atom stereocenters. The fraction of sp³-hybridized carbons (Fsp3) is 0. The lowest BCUT2D eigenvalue weighted by molar-refractivity contribution is 0.0926.